The highest BCUT2D eigenvalue weighted by atomic mass is 19.4. The van der Waals surface area contributed by atoms with E-state index in [1.54, 1.807) is 29.4 Å². The Bertz CT molecular complexity index is 1170. The molecule has 3 aromatic rings. The molecule has 0 aromatic carbocycles. The van der Waals surface area contributed by atoms with Crippen molar-refractivity contribution in [1.82, 2.24) is 30.0 Å². The van der Waals surface area contributed by atoms with Crippen LogP contribution in [0.25, 0.3) is 11.4 Å². The number of anilines is 1. The Balaban J connectivity index is 1.37. The summed E-state index contributed by atoms with van der Waals surface area (Å²) in [5, 5.41) is 10.1. The largest absolute Gasteiger partial charge is 0.435 e. The lowest BCUT2D eigenvalue weighted by Crippen LogP contribution is -2.48. The zero-order valence-electron chi connectivity index (χ0n) is 17.6. The minimum atomic E-state index is -4.54. The number of piperidine rings is 1. The Labute approximate surface area is 187 Å². The highest BCUT2D eigenvalue weighted by Gasteiger charge is 2.48. The maximum Gasteiger partial charge on any atom is 0.435 e. The third-order valence-corrected chi connectivity index (χ3v) is 6.07. The molecule has 2 fully saturated rings. The molecule has 1 saturated carbocycles. The van der Waals surface area contributed by atoms with Gasteiger partial charge in [0.1, 0.15) is 11.5 Å². The van der Waals surface area contributed by atoms with E-state index in [0.29, 0.717) is 35.2 Å². The van der Waals surface area contributed by atoms with Crippen molar-refractivity contribution in [2.75, 3.05) is 11.9 Å². The molecule has 2 aliphatic rings. The summed E-state index contributed by atoms with van der Waals surface area (Å²) in [4.78, 5) is 28.4. The molecule has 3 aromatic heterocycles. The molecular weight excluding hydrogens is 435 g/mol. The van der Waals surface area contributed by atoms with Crippen LogP contribution < -0.4 is 5.32 Å². The summed E-state index contributed by atoms with van der Waals surface area (Å²) in [6.45, 7) is 2.42. The van der Waals surface area contributed by atoms with Crippen LogP contribution in [-0.4, -0.2) is 54.6 Å². The predicted octanol–water partition coefficient (Wildman–Crippen LogP) is 3.37. The number of pyridine rings is 1. The first-order chi connectivity index (χ1) is 15.8. The van der Waals surface area contributed by atoms with Crippen molar-refractivity contribution < 1.29 is 18.0 Å². The van der Waals surface area contributed by atoms with Gasteiger partial charge in [-0.3, -0.25) is 4.79 Å². The molecule has 170 valence electrons. The zero-order valence-corrected chi connectivity index (χ0v) is 17.6. The van der Waals surface area contributed by atoms with E-state index in [-0.39, 0.29) is 23.8 Å². The Kier molecular flexibility index (Phi) is 5.18. The van der Waals surface area contributed by atoms with E-state index in [2.05, 4.69) is 30.5 Å². The first kappa shape index (κ1) is 21.2. The molecule has 3 atom stereocenters. The normalized spacial score (nSPS) is 21.9. The van der Waals surface area contributed by atoms with Crippen molar-refractivity contribution in [3.05, 3.63) is 59.8 Å². The summed E-state index contributed by atoms with van der Waals surface area (Å²) in [6.07, 6.45) is 0.286. The number of rotatable bonds is 4. The SMILES string of the molecule is Cc1ccc(-c2ncccn2)c(C(=O)N2CC3CC2[C@@H](Nc2ccc(C(F)(F)F)nn2)C3)n1. The van der Waals surface area contributed by atoms with Gasteiger partial charge in [0.2, 0.25) is 0 Å². The zero-order chi connectivity index (χ0) is 23.2. The lowest BCUT2D eigenvalue weighted by atomic mass is 10.0. The van der Waals surface area contributed by atoms with E-state index in [1.807, 2.05) is 13.0 Å². The van der Waals surface area contributed by atoms with Crippen LogP contribution >= 0.6 is 0 Å². The number of aromatic nitrogens is 5. The Morgan fingerprint density at radius 2 is 1.88 bits per heavy atom. The molecule has 0 spiro atoms. The first-order valence-electron chi connectivity index (χ1n) is 10.5. The fourth-order valence-electron chi connectivity index (χ4n) is 4.64. The fourth-order valence-corrected chi connectivity index (χ4v) is 4.64. The molecule has 1 amide bonds. The quantitative estimate of drug-likeness (QED) is 0.644. The van der Waals surface area contributed by atoms with Crippen LogP contribution in [0.2, 0.25) is 0 Å². The van der Waals surface area contributed by atoms with Crippen LogP contribution in [0.4, 0.5) is 19.0 Å². The minimum Gasteiger partial charge on any atom is -0.364 e. The number of fused-ring (bicyclic) bond motifs is 2. The number of nitrogens with zero attached hydrogens (tertiary/aromatic N) is 6. The minimum absolute atomic E-state index is 0.126. The van der Waals surface area contributed by atoms with Gasteiger partial charge in [-0.25, -0.2) is 15.0 Å². The second-order valence-corrected chi connectivity index (χ2v) is 8.34. The molecule has 4 heterocycles. The maximum atomic E-state index is 13.6. The topological polar surface area (TPSA) is 96.8 Å². The van der Waals surface area contributed by atoms with Crippen LogP contribution in [0.15, 0.2) is 42.7 Å². The third kappa shape index (κ3) is 4.10. The second kappa shape index (κ2) is 8.05. The van der Waals surface area contributed by atoms with Gasteiger partial charge in [-0.05, 0) is 56.0 Å². The monoisotopic (exact) mass is 455 g/mol. The number of hydrogen-bond donors (Lipinski definition) is 1. The van der Waals surface area contributed by atoms with Crippen LogP contribution in [0.1, 0.15) is 34.7 Å². The van der Waals surface area contributed by atoms with Gasteiger partial charge >= 0.3 is 6.18 Å². The number of amides is 1. The predicted molar refractivity (Wildman–Crippen MR) is 112 cm³/mol. The first-order valence-corrected chi connectivity index (χ1v) is 10.5. The number of carbonyl (C=O) groups is 1. The van der Waals surface area contributed by atoms with Crippen LogP contribution in [0, 0.1) is 12.8 Å². The highest BCUT2D eigenvalue weighted by molar-refractivity contribution is 5.98. The average molecular weight is 455 g/mol. The van der Waals surface area contributed by atoms with Gasteiger partial charge in [-0.2, -0.15) is 13.2 Å². The standard InChI is InChI=1S/C22H20F3N7O/c1-12-3-4-14(20-26-7-2-8-27-20)19(28-12)21(33)32-11-13-9-15(16(32)10-13)29-18-6-5-17(30-31-18)22(23,24)25/h2-8,13,15-16H,9-11H2,1H3,(H,29,31)/t13?,15-,16?/m0/s1. The summed E-state index contributed by atoms with van der Waals surface area (Å²) >= 11 is 0. The van der Waals surface area contributed by atoms with Gasteiger partial charge in [0.15, 0.2) is 11.5 Å². The molecule has 2 bridgehead atoms. The molecule has 1 saturated heterocycles. The van der Waals surface area contributed by atoms with E-state index >= 15 is 0 Å². The molecule has 0 radical (unpaired) electrons. The summed E-state index contributed by atoms with van der Waals surface area (Å²) in [6, 6.07) is 7.21. The van der Waals surface area contributed by atoms with Crippen LogP contribution in [-0.2, 0) is 6.18 Å². The number of halogens is 3. The Hall–Kier alpha value is -3.63. The number of likely N-dealkylation sites (tertiary alicyclic amines) is 1. The summed E-state index contributed by atoms with van der Waals surface area (Å²) < 4.78 is 38.2. The lowest BCUT2D eigenvalue weighted by molar-refractivity contribution is -0.141. The van der Waals surface area contributed by atoms with Gasteiger partial charge in [0.25, 0.3) is 5.91 Å². The number of alkyl halides is 3. The van der Waals surface area contributed by atoms with Crippen LogP contribution in [0.5, 0.6) is 0 Å². The maximum absolute atomic E-state index is 13.6. The van der Waals surface area contributed by atoms with E-state index in [9.17, 15) is 18.0 Å². The Morgan fingerprint density at radius 1 is 1.09 bits per heavy atom. The van der Waals surface area contributed by atoms with Crippen molar-refractivity contribution in [2.24, 2.45) is 5.92 Å². The van der Waals surface area contributed by atoms with Gasteiger partial charge in [0.05, 0.1) is 11.6 Å². The number of nitrogens with one attached hydrogen (secondary N) is 1. The van der Waals surface area contributed by atoms with Crippen molar-refractivity contribution >= 4 is 11.7 Å². The third-order valence-electron chi connectivity index (χ3n) is 6.07. The van der Waals surface area contributed by atoms with Crippen molar-refractivity contribution in [3.63, 3.8) is 0 Å². The van der Waals surface area contributed by atoms with Gasteiger partial charge < -0.3 is 10.2 Å². The van der Waals surface area contributed by atoms with E-state index < -0.39 is 11.9 Å². The molecule has 1 N–H and O–H groups in total. The fraction of sp³-hybridized carbons (Fsp3) is 0.364. The van der Waals surface area contributed by atoms with Crippen molar-refractivity contribution in [3.8, 4) is 11.4 Å². The smallest absolute Gasteiger partial charge is 0.364 e. The van der Waals surface area contributed by atoms with Gasteiger partial charge in [-0.15, -0.1) is 10.2 Å². The molecule has 1 aliphatic heterocycles. The van der Waals surface area contributed by atoms with Crippen molar-refractivity contribution in [1.29, 1.82) is 0 Å². The number of aryl methyl sites for hydroxylation is 1. The van der Waals surface area contributed by atoms with Gasteiger partial charge in [-0.1, -0.05) is 0 Å². The van der Waals surface area contributed by atoms with Crippen molar-refractivity contribution in [2.45, 2.75) is 38.0 Å². The molecular formula is C22H20F3N7O. The highest BCUT2D eigenvalue weighted by Crippen LogP contribution is 2.40. The van der Waals surface area contributed by atoms with Crippen LogP contribution in [0.3, 0.4) is 0 Å². The van der Waals surface area contributed by atoms with E-state index in [0.717, 1.165) is 18.9 Å². The summed E-state index contributed by atoms with van der Waals surface area (Å²) in [5.41, 5.74) is 0.519. The average Bonchev–Trinajstić information content (AvgIpc) is 3.39. The van der Waals surface area contributed by atoms with E-state index in [4.69, 9.17) is 0 Å². The van der Waals surface area contributed by atoms with E-state index in [1.165, 1.54) is 6.07 Å². The number of hydrogen-bond acceptors (Lipinski definition) is 7. The summed E-state index contributed by atoms with van der Waals surface area (Å²) in [5.74, 6) is 0.756. The summed E-state index contributed by atoms with van der Waals surface area (Å²) in [7, 11) is 0. The second-order valence-electron chi connectivity index (χ2n) is 8.34. The number of carbonyl (C=O) groups excluding carboxylic acids is 1. The van der Waals surface area contributed by atoms with Gasteiger partial charge in [0, 0.05) is 30.7 Å². The molecule has 5 rings (SSSR count). The molecule has 8 nitrogen and oxygen atoms in total. The molecule has 11 heteroatoms. The Morgan fingerprint density at radius 3 is 2.55 bits per heavy atom. The lowest BCUT2D eigenvalue weighted by Gasteiger charge is -2.34. The molecule has 2 unspecified atom stereocenters. The molecule has 33 heavy (non-hydrogen) atoms. The molecule has 1 aliphatic carbocycles.